The van der Waals surface area contributed by atoms with Crippen LogP contribution in [-0.4, -0.2) is 17.0 Å². The molecule has 3 rings (SSSR count). The fourth-order valence-electron chi connectivity index (χ4n) is 2.59. The molecular formula is C21H18F2N2O2. The maximum absolute atomic E-state index is 13.5. The largest absolute Gasteiger partial charge is 0.481 e. The minimum absolute atomic E-state index is 0.144. The van der Waals surface area contributed by atoms with Gasteiger partial charge in [-0.15, -0.1) is 0 Å². The van der Waals surface area contributed by atoms with Gasteiger partial charge in [-0.05, 0) is 61.0 Å². The van der Waals surface area contributed by atoms with Gasteiger partial charge in [0.1, 0.15) is 23.2 Å². The van der Waals surface area contributed by atoms with Crippen molar-refractivity contribution in [2.45, 2.75) is 19.6 Å². The van der Waals surface area contributed by atoms with E-state index in [1.807, 2.05) is 0 Å². The molecule has 0 aliphatic rings. The molecule has 1 amide bonds. The zero-order valence-corrected chi connectivity index (χ0v) is 14.7. The van der Waals surface area contributed by atoms with Gasteiger partial charge >= 0.3 is 0 Å². The normalized spacial score (nSPS) is 11.7. The fraction of sp³-hybridized carbons (Fsp3) is 0.143. The van der Waals surface area contributed by atoms with Crippen molar-refractivity contribution < 1.29 is 18.3 Å². The number of amides is 1. The average molecular weight is 368 g/mol. The number of aromatic nitrogens is 1. The van der Waals surface area contributed by atoms with E-state index in [9.17, 15) is 13.6 Å². The Morgan fingerprint density at radius 2 is 1.81 bits per heavy atom. The Kier molecular flexibility index (Phi) is 5.76. The highest BCUT2D eigenvalue weighted by atomic mass is 19.1. The highest BCUT2D eigenvalue weighted by molar-refractivity contribution is 5.95. The summed E-state index contributed by atoms with van der Waals surface area (Å²) in [6.45, 7) is 1.75. The molecule has 0 N–H and O–H groups in total. The maximum Gasteiger partial charge on any atom is 0.269 e. The monoisotopic (exact) mass is 368 g/mol. The van der Waals surface area contributed by atoms with Crippen molar-refractivity contribution in [1.29, 1.82) is 0 Å². The smallest absolute Gasteiger partial charge is 0.269 e. The molecular weight excluding hydrogens is 350 g/mol. The van der Waals surface area contributed by atoms with Crippen molar-refractivity contribution in [1.82, 2.24) is 4.98 Å². The van der Waals surface area contributed by atoms with Crippen LogP contribution in [0.15, 0.2) is 72.9 Å². The minimum atomic E-state index is -0.842. The standard InChI is InChI=1S/C21H18F2N2O2/c1-15(27-19-10-8-17(22)9-11-19)21(26)25(20-7-2-3-12-24-20)14-16-5-4-6-18(23)13-16/h2-13,15H,14H2,1H3/t15-/m0/s1. The van der Waals surface area contributed by atoms with Crippen LogP contribution in [0.25, 0.3) is 0 Å². The maximum atomic E-state index is 13.5. The van der Waals surface area contributed by atoms with Crippen LogP contribution in [0.4, 0.5) is 14.6 Å². The molecule has 6 heteroatoms. The van der Waals surface area contributed by atoms with Gasteiger partial charge in [0, 0.05) is 6.20 Å². The molecule has 0 aliphatic heterocycles. The first-order valence-electron chi connectivity index (χ1n) is 8.42. The number of hydrogen-bond acceptors (Lipinski definition) is 3. The lowest BCUT2D eigenvalue weighted by atomic mass is 10.2. The van der Waals surface area contributed by atoms with E-state index in [0.717, 1.165) is 0 Å². The fourth-order valence-corrected chi connectivity index (χ4v) is 2.59. The van der Waals surface area contributed by atoms with Crippen LogP contribution < -0.4 is 9.64 Å². The molecule has 0 saturated heterocycles. The molecule has 0 aliphatic carbocycles. The van der Waals surface area contributed by atoms with Crippen LogP contribution in [0.1, 0.15) is 12.5 Å². The van der Waals surface area contributed by atoms with Crippen molar-refractivity contribution in [2.24, 2.45) is 0 Å². The summed E-state index contributed by atoms with van der Waals surface area (Å²) in [5.74, 6) is -0.299. The Bertz CT molecular complexity index is 902. The number of benzene rings is 2. The lowest BCUT2D eigenvalue weighted by Gasteiger charge is -2.25. The van der Waals surface area contributed by atoms with Gasteiger partial charge in [-0.3, -0.25) is 9.69 Å². The quantitative estimate of drug-likeness (QED) is 0.649. The molecule has 138 valence electrons. The Balaban J connectivity index is 1.82. The van der Waals surface area contributed by atoms with E-state index in [0.29, 0.717) is 17.1 Å². The Labute approximate surface area is 156 Å². The topological polar surface area (TPSA) is 42.4 Å². The van der Waals surface area contributed by atoms with Crippen LogP contribution >= 0.6 is 0 Å². The molecule has 1 atom stereocenters. The predicted molar refractivity (Wildman–Crippen MR) is 98.3 cm³/mol. The zero-order chi connectivity index (χ0) is 19.2. The molecule has 1 aromatic heterocycles. The van der Waals surface area contributed by atoms with Crippen molar-refractivity contribution in [3.8, 4) is 5.75 Å². The van der Waals surface area contributed by atoms with Gasteiger partial charge in [0.05, 0.1) is 6.54 Å². The van der Waals surface area contributed by atoms with Gasteiger partial charge in [0.25, 0.3) is 5.91 Å². The van der Waals surface area contributed by atoms with E-state index in [-0.39, 0.29) is 24.1 Å². The van der Waals surface area contributed by atoms with Crippen molar-refractivity contribution in [3.63, 3.8) is 0 Å². The SMILES string of the molecule is C[C@H](Oc1ccc(F)cc1)C(=O)N(Cc1cccc(F)c1)c1ccccn1. The molecule has 0 fully saturated rings. The van der Waals surface area contributed by atoms with E-state index in [2.05, 4.69) is 4.98 Å². The Morgan fingerprint density at radius 3 is 2.48 bits per heavy atom. The Hall–Kier alpha value is -3.28. The number of hydrogen-bond donors (Lipinski definition) is 0. The second-order valence-electron chi connectivity index (χ2n) is 5.96. The summed E-state index contributed by atoms with van der Waals surface area (Å²) in [4.78, 5) is 18.7. The number of carbonyl (C=O) groups excluding carboxylic acids is 1. The summed E-state index contributed by atoms with van der Waals surface area (Å²) >= 11 is 0. The number of anilines is 1. The third-order valence-electron chi connectivity index (χ3n) is 3.90. The summed E-state index contributed by atoms with van der Waals surface area (Å²) in [6.07, 6.45) is 0.734. The van der Waals surface area contributed by atoms with Crippen LogP contribution in [0, 0.1) is 11.6 Å². The molecule has 3 aromatic rings. The summed E-state index contributed by atoms with van der Waals surface area (Å²) in [5.41, 5.74) is 0.628. The van der Waals surface area contributed by atoms with E-state index in [1.165, 1.54) is 41.3 Å². The molecule has 2 aromatic carbocycles. The van der Waals surface area contributed by atoms with Gasteiger partial charge in [-0.1, -0.05) is 18.2 Å². The highest BCUT2D eigenvalue weighted by Gasteiger charge is 2.24. The first-order valence-corrected chi connectivity index (χ1v) is 8.42. The number of ether oxygens (including phenoxy) is 1. The summed E-state index contributed by atoms with van der Waals surface area (Å²) in [6, 6.07) is 16.7. The summed E-state index contributed by atoms with van der Waals surface area (Å²) in [5, 5.41) is 0. The van der Waals surface area contributed by atoms with E-state index >= 15 is 0 Å². The van der Waals surface area contributed by atoms with Crippen molar-refractivity contribution in [2.75, 3.05) is 4.90 Å². The summed E-state index contributed by atoms with van der Waals surface area (Å²) in [7, 11) is 0. The van der Waals surface area contributed by atoms with Crippen LogP contribution in [0.2, 0.25) is 0 Å². The van der Waals surface area contributed by atoms with Gasteiger partial charge in [0.15, 0.2) is 6.10 Å². The number of halogens is 2. The average Bonchev–Trinajstić information content (AvgIpc) is 2.68. The minimum Gasteiger partial charge on any atom is -0.481 e. The summed E-state index contributed by atoms with van der Waals surface area (Å²) < 4.78 is 32.2. The predicted octanol–water partition coefficient (Wildman–Crippen LogP) is 4.36. The van der Waals surface area contributed by atoms with E-state index in [1.54, 1.807) is 43.5 Å². The second kappa shape index (κ2) is 8.40. The van der Waals surface area contributed by atoms with Crippen LogP contribution in [0.5, 0.6) is 5.75 Å². The molecule has 0 radical (unpaired) electrons. The number of carbonyl (C=O) groups is 1. The zero-order valence-electron chi connectivity index (χ0n) is 14.7. The van der Waals surface area contributed by atoms with E-state index < -0.39 is 6.10 Å². The lowest BCUT2D eigenvalue weighted by Crippen LogP contribution is -2.40. The van der Waals surface area contributed by atoms with Crippen LogP contribution in [0.3, 0.4) is 0 Å². The first kappa shape index (κ1) is 18.5. The van der Waals surface area contributed by atoms with Crippen LogP contribution in [-0.2, 0) is 11.3 Å². The molecule has 0 bridgehead atoms. The number of pyridine rings is 1. The molecule has 0 spiro atoms. The second-order valence-corrected chi connectivity index (χ2v) is 5.96. The van der Waals surface area contributed by atoms with Crippen molar-refractivity contribution >= 4 is 11.7 Å². The van der Waals surface area contributed by atoms with Crippen molar-refractivity contribution in [3.05, 3.63) is 90.1 Å². The van der Waals surface area contributed by atoms with Gasteiger partial charge in [-0.2, -0.15) is 0 Å². The number of nitrogens with zero attached hydrogens (tertiary/aromatic N) is 2. The molecule has 4 nitrogen and oxygen atoms in total. The first-order chi connectivity index (χ1) is 13.0. The number of rotatable bonds is 6. The third kappa shape index (κ3) is 4.88. The van der Waals surface area contributed by atoms with E-state index in [4.69, 9.17) is 4.74 Å². The molecule has 0 saturated carbocycles. The lowest BCUT2D eigenvalue weighted by molar-refractivity contribution is -0.124. The molecule has 0 unspecified atom stereocenters. The third-order valence-corrected chi connectivity index (χ3v) is 3.90. The highest BCUT2D eigenvalue weighted by Crippen LogP contribution is 2.19. The molecule has 1 heterocycles. The van der Waals surface area contributed by atoms with Gasteiger partial charge in [0.2, 0.25) is 0 Å². The molecule has 27 heavy (non-hydrogen) atoms. The van der Waals surface area contributed by atoms with Gasteiger partial charge in [-0.25, -0.2) is 13.8 Å². The van der Waals surface area contributed by atoms with Gasteiger partial charge < -0.3 is 4.74 Å². The Morgan fingerprint density at radius 1 is 1.04 bits per heavy atom.